The minimum absolute atomic E-state index is 0.0374. The lowest BCUT2D eigenvalue weighted by Crippen LogP contribution is -3.15. The molecule has 0 spiro atoms. The van der Waals surface area contributed by atoms with Crippen molar-refractivity contribution in [3.8, 4) is 0 Å². The van der Waals surface area contributed by atoms with Crippen molar-refractivity contribution in [2.45, 2.75) is 50.8 Å². The highest BCUT2D eigenvalue weighted by molar-refractivity contribution is 8.01. The van der Waals surface area contributed by atoms with Gasteiger partial charge in [0.1, 0.15) is 5.37 Å². The number of aryl methyl sites for hydroxylation is 1. The Morgan fingerprint density at radius 3 is 2.48 bits per heavy atom. The molecule has 0 aromatic heterocycles. The Bertz CT molecular complexity index is 701. The molecular weight excluding hydrogens is 384 g/mol. The molecule has 0 aliphatic carbocycles. The summed E-state index contributed by atoms with van der Waals surface area (Å²) < 4.78 is 0. The number of thioether (sulfide) groups is 1. The molecule has 0 bridgehead atoms. The van der Waals surface area contributed by atoms with Gasteiger partial charge in [-0.2, -0.15) is 0 Å². The Morgan fingerprint density at radius 2 is 1.90 bits per heavy atom. The van der Waals surface area contributed by atoms with Crippen molar-refractivity contribution in [3.05, 3.63) is 35.4 Å². The number of hydrogen-bond donors (Lipinski definition) is 2. The first kappa shape index (κ1) is 22.0. The van der Waals surface area contributed by atoms with Crippen molar-refractivity contribution in [1.29, 1.82) is 0 Å². The van der Waals surface area contributed by atoms with E-state index in [0.29, 0.717) is 0 Å². The number of carbonyl (C=O) groups is 2. The van der Waals surface area contributed by atoms with E-state index in [0.717, 1.165) is 45.7 Å². The Labute approximate surface area is 179 Å². The quantitative estimate of drug-likeness (QED) is 0.738. The van der Waals surface area contributed by atoms with Gasteiger partial charge in [0.15, 0.2) is 0 Å². The molecule has 0 unspecified atom stereocenters. The molecule has 29 heavy (non-hydrogen) atoms. The third-order valence-electron chi connectivity index (χ3n) is 5.74. The minimum atomic E-state index is 0.0374. The molecule has 0 radical (unpaired) electrons. The maximum absolute atomic E-state index is 12.9. The Morgan fingerprint density at radius 1 is 1.24 bits per heavy atom. The standard InChI is InChI=1S/C22H34N4O2S/c1-5-19-20(27)26(21(29-19)18-8-6-17(4)7-9-18)15-12-24-10-13-25(14-11-24)22(28)23-16(2)3/h6-9,16,19,21H,5,10-15H2,1-4H3,(H,23,28)/p+1/t19-,21-/m1/s1. The van der Waals surface area contributed by atoms with Gasteiger partial charge in [0.25, 0.3) is 0 Å². The van der Waals surface area contributed by atoms with E-state index >= 15 is 0 Å². The maximum atomic E-state index is 12.9. The van der Waals surface area contributed by atoms with E-state index in [1.165, 1.54) is 16.0 Å². The van der Waals surface area contributed by atoms with Crippen molar-refractivity contribution in [1.82, 2.24) is 15.1 Å². The summed E-state index contributed by atoms with van der Waals surface area (Å²) in [6.45, 7) is 13.3. The van der Waals surface area contributed by atoms with E-state index in [1.54, 1.807) is 11.8 Å². The highest BCUT2D eigenvalue weighted by Crippen LogP contribution is 2.43. The Hall–Kier alpha value is -1.73. The summed E-state index contributed by atoms with van der Waals surface area (Å²) in [5.74, 6) is 0.275. The highest BCUT2D eigenvalue weighted by Gasteiger charge is 2.40. The van der Waals surface area contributed by atoms with Crippen LogP contribution < -0.4 is 10.2 Å². The van der Waals surface area contributed by atoms with Gasteiger partial charge in [-0.25, -0.2) is 4.79 Å². The van der Waals surface area contributed by atoms with Crippen LogP contribution in [0.3, 0.4) is 0 Å². The van der Waals surface area contributed by atoms with Crippen LogP contribution in [0.15, 0.2) is 24.3 Å². The lowest BCUT2D eigenvalue weighted by molar-refractivity contribution is -0.903. The average molecular weight is 420 g/mol. The van der Waals surface area contributed by atoms with E-state index in [9.17, 15) is 9.59 Å². The fourth-order valence-electron chi connectivity index (χ4n) is 3.97. The van der Waals surface area contributed by atoms with E-state index in [-0.39, 0.29) is 28.6 Å². The monoisotopic (exact) mass is 419 g/mol. The zero-order valence-electron chi connectivity index (χ0n) is 18.1. The van der Waals surface area contributed by atoms with Gasteiger partial charge in [0, 0.05) is 6.04 Å². The summed E-state index contributed by atoms with van der Waals surface area (Å²) in [5, 5.41) is 3.15. The van der Waals surface area contributed by atoms with Crippen LogP contribution in [-0.2, 0) is 4.79 Å². The molecule has 3 rings (SSSR count). The molecule has 2 atom stereocenters. The van der Waals surface area contributed by atoms with Crippen LogP contribution in [0.1, 0.15) is 43.7 Å². The number of amides is 3. The highest BCUT2D eigenvalue weighted by atomic mass is 32.2. The van der Waals surface area contributed by atoms with Gasteiger partial charge in [0.2, 0.25) is 5.91 Å². The molecule has 1 aromatic carbocycles. The van der Waals surface area contributed by atoms with Crippen LogP contribution in [0.5, 0.6) is 0 Å². The third-order valence-corrected chi connectivity index (χ3v) is 7.39. The lowest BCUT2D eigenvalue weighted by Gasteiger charge is -2.34. The number of piperazine rings is 1. The number of urea groups is 1. The molecule has 160 valence electrons. The predicted octanol–water partition coefficient (Wildman–Crippen LogP) is 1.67. The second-order valence-electron chi connectivity index (χ2n) is 8.42. The largest absolute Gasteiger partial charge is 0.336 e. The molecule has 2 heterocycles. The third kappa shape index (κ3) is 5.45. The summed E-state index contributed by atoms with van der Waals surface area (Å²) in [5.41, 5.74) is 2.46. The van der Waals surface area contributed by atoms with Gasteiger partial charge in [-0.05, 0) is 32.8 Å². The molecule has 7 heteroatoms. The minimum Gasteiger partial charge on any atom is -0.336 e. The summed E-state index contributed by atoms with van der Waals surface area (Å²) in [4.78, 5) is 30.6. The lowest BCUT2D eigenvalue weighted by atomic mass is 10.1. The van der Waals surface area contributed by atoms with Crippen LogP contribution in [0.2, 0.25) is 0 Å². The number of carbonyl (C=O) groups excluding carboxylic acids is 2. The van der Waals surface area contributed by atoms with E-state index in [1.807, 2.05) is 18.7 Å². The first-order valence-corrected chi connectivity index (χ1v) is 11.7. The molecule has 0 saturated carbocycles. The van der Waals surface area contributed by atoms with Gasteiger partial charge < -0.3 is 20.0 Å². The zero-order valence-corrected chi connectivity index (χ0v) is 18.9. The summed E-state index contributed by atoms with van der Waals surface area (Å²) in [7, 11) is 0. The van der Waals surface area contributed by atoms with Gasteiger partial charge in [-0.1, -0.05) is 36.8 Å². The van der Waals surface area contributed by atoms with Crippen LogP contribution in [0, 0.1) is 6.92 Å². The van der Waals surface area contributed by atoms with Crippen molar-refractivity contribution in [3.63, 3.8) is 0 Å². The van der Waals surface area contributed by atoms with Crippen LogP contribution in [0.4, 0.5) is 4.79 Å². The number of benzene rings is 1. The fourth-order valence-corrected chi connectivity index (χ4v) is 5.39. The molecule has 3 amide bonds. The zero-order chi connectivity index (χ0) is 21.0. The van der Waals surface area contributed by atoms with Crippen LogP contribution >= 0.6 is 11.8 Å². The van der Waals surface area contributed by atoms with Gasteiger partial charge in [-0.15, -0.1) is 11.8 Å². The van der Waals surface area contributed by atoms with Crippen molar-refractivity contribution in [2.24, 2.45) is 0 Å². The normalized spacial score (nSPS) is 23.1. The average Bonchev–Trinajstić information content (AvgIpc) is 3.02. The van der Waals surface area contributed by atoms with E-state index in [4.69, 9.17) is 0 Å². The smallest absolute Gasteiger partial charge is 0.318 e. The van der Waals surface area contributed by atoms with Crippen LogP contribution in [0.25, 0.3) is 0 Å². The van der Waals surface area contributed by atoms with Crippen molar-refractivity contribution < 1.29 is 14.5 Å². The molecular formula is C22H35N4O2S+. The molecule has 2 saturated heterocycles. The van der Waals surface area contributed by atoms with Gasteiger partial charge in [-0.3, -0.25) is 4.79 Å². The van der Waals surface area contributed by atoms with Gasteiger partial charge in [0.05, 0.1) is 44.5 Å². The molecule has 2 aliphatic heterocycles. The molecule has 2 fully saturated rings. The first-order valence-electron chi connectivity index (χ1n) is 10.8. The van der Waals surface area contributed by atoms with Crippen molar-refractivity contribution in [2.75, 3.05) is 39.3 Å². The number of hydrogen-bond acceptors (Lipinski definition) is 3. The molecule has 1 aromatic rings. The van der Waals surface area contributed by atoms with Crippen LogP contribution in [-0.4, -0.2) is 72.3 Å². The topological polar surface area (TPSA) is 57.1 Å². The fraction of sp³-hybridized carbons (Fsp3) is 0.636. The molecule has 6 nitrogen and oxygen atoms in total. The number of nitrogens with zero attached hydrogens (tertiary/aromatic N) is 2. The SMILES string of the molecule is CC[C@H]1S[C@H](c2ccc(C)cc2)N(CC[NH+]2CCN(C(=O)NC(C)C)CC2)C1=O. The summed E-state index contributed by atoms with van der Waals surface area (Å²) >= 11 is 1.79. The Balaban J connectivity index is 1.56. The van der Waals surface area contributed by atoms with E-state index < -0.39 is 0 Å². The van der Waals surface area contributed by atoms with E-state index in [2.05, 4.69) is 48.3 Å². The predicted molar refractivity (Wildman–Crippen MR) is 118 cm³/mol. The van der Waals surface area contributed by atoms with Crippen molar-refractivity contribution >= 4 is 23.7 Å². The summed E-state index contributed by atoms with van der Waals surface area (Å²) in [6.07, 6.45) is 0.874. The maximum Gasteiger partial charge on any atom is 0.318 e. The van der Waals surface area contributed by atoms with Gasteiger partial charge >= 0.3 is 6.03 Å². The second-order valence-corrected chi connectivity index (χ2v) is 9.71. The molecule has 2 N–H and O–H groups in total. The number of nitrogens with one attached hydrogen (secondary N) is 2. The Kier molecular flexibility index (Phi) is 7.46. The number of quaternary nitrogens is 1. The first-order chi connectivity index (χ1) is 13.9. The summed E-state index contributed by atoms with van der Waals surface area (Å²) in [6, 6.07) is 8.77. The second kappa shape index (κ2) is 9.85. The molecule has 2 aliphatic rings. The number of rotatable bonds is 6.